The maximum atomic E-state index is 12.0. The summed E-state index contributed by atoms with van der Waals surface area (Å²) in [5.41, 5.74) is 7.22. The molecule has 1 saturated heterocycles. The lowest BCUT2D eigenvalue weighted by molar-refractivity contribution is -0.142. The highest BCUT2D eigenvalue weighted by Crippen LogP contribution is 2.40. The van der Waals surface area contributed by atoms with Crippen LogP contribution in [-0.2, 0) is 18.8 Å². The standard InChI is InChI=1S/C23H33N8O5PS/c1-14-11-17(12-34-37(28-15(2)22(32)33-4)36-16-9-7-6-8-10-16)35-21(14)31-13-25-18-19(30(3)29-38-5)26-23(24)27-20(18)31/h6-10,13-15,17,21,28-29H,11-12H2,1-5H3,(H2,24,26,27). The maximum Gasteiger partial charge on any atom is 0.323 e. The van der Waals surface area contributed by atoms with Crippen LogP contribution in [0.1, 0.15) is 26.5 Å². The molecule has 0 bridgehead atoms. The summed E-state index contributed by atoms with van der Waals surface area (Å²) in [6, 6.07) is 8.67. The second-order valence-electron chi connectivity index (χ2n) is 8.78. The van der Waals surface area contributed by atoms with E-state index in [2.05, 4.69) is 31.8 Å². The number of esters is 1. The van der Waals surface area contributed by atoms with Crippen LogP contribution in [0.15, 0.2) is 36.7 Å². The van der Waals surface area contributed by atoms with Crippen molar-refractivity contribution in [3.63, 3.8) is 0 Å². The fraction of sp³-hybridized carbons (Fsp3) is 0.478. The lowest BCUT2D eigenvalue weighted by atomic mass is 10.1. The van der Waals surface area contributed by atoms with Crippen molar-refractivity contribution in [2.24, 2.45) is 5.92 Å². The number of hydrazine groups is 1. The summed E-state index contributed by atoms with van der Waals surface area (Å²) < 4.78 is 25.2. The highest BCUT2D eigenvalue weighted by molar-refractivity contribution is 7.96. The van der Waals surface area contributed by atoms with E-state index in [-0.39, 0.29) is 30.8 Å². The first-order valence-corrected chi connectivity index (χ1v) is 14.4. The molecule has 2 aromatic heterocycles. The van der Waals surface area contributed by atoms with Gasteiger partial charge in [-0.3, -0.25) is 14.4 Å². The van der Waals surface area contributed by atoms with E-state index in [1.807, 2.05) is 48.2 Å². The average molecular weight is 565 g/mol. The number of carbonyl (C=O) groups excluding carboxylic acids is 1. The number of methoxy groups -OCH3 is 1. The number of aromatic nitrogens is 4. The summed E-state index contributed by atoms with van der Waals surface area (Å²) in [6.07, 6.45) is 3.82. The molecule has 0 spiro atoms. The summed E-state index contributed by atoms with van der Waals surface area (Å²) in [7, 11) is 1.52. The molecule has 0 saturated carbocycles. The molecule has 1 aliphatic rings. The molecular formula is C23H33N8O5PS. The van der Waals surface area contributed by atoms with Gasteiger partial charge in [0.25, 0.3) is 0 Å². The molecule has 5 unspecified atom stereocenters. The van der Waals surface area contributed by atoms with Crippen molar-refractivity contribution in [2.75, 3.05) is 37.8 Å². The monoisotopic (exact) mass is 564 g/mol. The number of nitrogen functional groups attached to an aromatic ring is 1. The topological polar surface area (TPSA) is 151 Å². The number of imidazole rings is 1. The number of para-hydroxylation sites is 1. The summed E-state index contributed by atoms with van der Waals surface area (Å²) in [6.45, 7) is 4.06. The van der Waals surface area contributed by atoms with E-state index in [0.29, 0.717) is 22.7 Å². The summed E-state index contributed by atoms with van der Waals surface area (Å²) in [5, 5.41) is 4.82. The number of nitrogens with zero attached hydrogens (tertiary/aromatic N) is 5. The van der Waals surface area contributed by atoms with E-state index in [4.69, 9.17) is 24.3 Å². The minimum absolute atomic E-state index is 0.143. The van der Waals surface area contributed by atoms with Gasteiger partial charge in [-0.1, -0.05) is 37.1 Å². The van der Waals surface area contributed by atoms with E-state index < -0.39 is 20.5 Å². The van der Waals surface area contributed by atoms with E-state index in [9.17, 15) is 4.79 Å². The number of fused-ring (bicyclic) bond motifs is 1. The number of nitrogens with two attached hydrogens (primary N) is 1. The zero-order valence-corrected chi connectivity index (χ0v) is 23.6. The summed E-state index contributed by atoms with van der Waals surface area (Å²) in [4.78, 5) is 28.4. The quantitative estimate of drug-likeness (QED) is 0.128. The van der Waals surface area contributed by atoms with Crippen LogP contribution >= 0.6 is 20.5 Å². The van der Waals surface area contributed by atoms with Crippen molar-refractivity contribution < 1.29 is 23.3 Å². The van der Waals surface area contributed by atoms with Gasteiger partial charge in [-0.15, -0.1) is 0 Å². The van der Waals surface area contributed by atoms with Crippen LogP contribution in [0, 0.1) is 5.92 Å². The van der Waals surface area contributed by atoms with Crippen LogP contribution in [0.5, 0.6) is 5.75 Å². The van der Waals surface area contributed by atoms with Gasteiger partial charge < -0.3 is 24.3 Å². The number of benzene rings is 1. The Balaban J connectivity index is 1.46. The lowest BCUT2D eigenvalue weighted by Crippen LogP contribution is -2.33. The van der Waals surface area contributed by atoms with Crippen molar-refractivity contribution >= 4 is 49.4 Å². The number of rotatable bonds is 12. The minimum Gasteiger partial charge on any atom is -0.468 e. The molecule has 1 fully saturated rings. The second-order valence-corrected chi connectivity index (χ2v) is 10.6. The fourth-order valence-electron chi connectivity index (χ4n) is 4.09. The zero-order chi connectivity index (χ0) is 27.2. The summed E-state index contributed by atoms with van der Waals surface area (Å²) >= 11 is 1.43. The largest absolute Gasteiger partial charge is 0.468 e. The normalized spacial score (nSPS) is 20.8. The highest BCUT2D eigenvalue weighted by atomic mass is 32.2. The molecule has 3 heterocycles. The molecule has 13 nitrogen and oxygen atoms in total. The van der Waals surface area contributed by atoms with Gasteiger partial charge in [-0.05, 0) is 31.7 Å². The third-order valence-electron chi connectivity index (χ3n) is 5.86. The van der Waals surface area contributed by atoms with Gasteiger partial charge in [-0.25, -0.2) is 10.1 Å². The first kappa shape index (κ1) is 28.3. The molecule has 1 aliphatic heterocycles. The third-order valence-corrected chi connectivity index (χ3v) is 7.67. The van der Waals surface area contributed by atoms with Gasteiger partial charge in [0, 0.05) is 13.0 Å². The number of anilines is 2. The van der Waals surface area contributed by atoms with Gasteiger partial charge in [-0.2, -0.15) is 14.8 Å². The van der Waals surface area contributed by atoms with E-state index in [0.717, 1.165) is 6.42 Å². The number of ether oxygens (including phenoxy) is 2. The predicted octanol–water partition coefficient (Wildman–Crippen LogP) is 3.02. The lowest BCUT2D eigenvalue weighted by Gasteiger charge is -2.23. The van der Waals surface area contributed by atoms with Crippen molar-refractivity contribution in [3.05, 3.63) is 36.7 Å². The first-order valence-electron chi connectivity index (χ1n) is 12.0. The minimum atomic E-state index is -1.65. The Morgan fingerprint density at radius 2 is 2.13 bits per heavy atom. The van der Waals surface area contributed by atoms with Crippen LogP contribution in [0.25, 0.3) is 11.2 Å². The Kier molecular flexibility index (Phi) is 9.58. The molecule has 5 atom stereocenters. The number of carbonyl (C=O) groups is 1. The van der Waals surface area contributed by atoms with Crippen molar-refractivity contribution in [1.82, 2.24) is 29.4 Å². The molecule has 38 heavy (non-hydrogen) atoms. The van der Waals surface area contributed by atoms with E-state index in [1.54, 1.807) is 18.3 Å². The van der Waals surface area contributed by atoms with Gasteiger partial charge in [0.2, 0.25) is 5.95 Å². The number of hydrogen-bond acceptors (Lipinski definition) is 13. The van der Waals surface area contributed by atoms with Gasteiger partial charge in [0.1, 0.15) is 18.0 Å². The van der Waals surface area contributed by atoms with Crippen molar-refractivity contribution in [3.8, 4) is 5.75 Å². The van der Waals surface area contributed by atoms with E-state index >= 15 is 0 Å². The smallest absolute Gasteiger partial charge is 0.323 e. The zero-order valence-electron chi connectivity index (χ0n) is 21.9. The molecule has 1 aromatic carbocycles. The van der Waals surface area contributed by atoms with Gasteiger partial charge >= 0.3 is 14.5 Å². The second kappa shape index (κ2) is 12.9. The molecule has 4 rings (SSSR count). The molecule has 206 valence electrons. The van der Waals surface area contributed by atoms with Gasteiger partial charge in [0.05, 0.1) is 26.1 Å². The van der Waals surface area contributed by atoms with Crippen LogP contribution < -0.4 is 25.2 Å². The molecule has 3 aromatic rings. The van der Waals surface area contributed by atoms with Crippen LogP contribution in [0.4, 0.5) is 11.8 Å². The highest BCUT2D eigenvalue weighted by Gasteiger charge is 2.36. The number of nitrogens with one attached hydrogen (secondary N) is 2. The van der Waals surface area contributed by atoms with Crippen molar-refractivity contribution in [1.29, 1.82) is 0 Å². The van der Waals surface area contributed by atoms with Crippen LogP contribution in [0.2, 0.25) is 0 Å². The Hall–Kier alpha value is -2.74. The van der Waals surface area contributed by atoms with Crippen LogP contribution in [0.3, 0.4) is 0 Å². The SMILES string of the molecule is COC(=O)C(C)NP(OCC1CC(C)C(n2cnc3c(N(C)NSC)nc(N)nc32)O1)Oc1ccccc1. The third kappa shape index (κ3) is 6.63. The predicted molar refractivity (Wildman–Crippen MR) is 147 cm³/mol. The van der Waals surface area contributed by atoms with Crippen LogP contribution in [-0.4, -0.2) is 64.7 Å². The average Bonchev–Trinajstić information content (AvgIpc) is 3.49. The number of hydrogen-bond donors (Lipinski definition) is 3. The molecule has 15 heteroatoms. The molecule has 0 radical (unpaired) electrons. The molecular weight excluding hydrogens is 531 g/mol. The van der Waals surface area contributed by atoms with E-state index in [1.165, 1.54) is 19.1 Å². The summed E-state index contributed by atoms with van der Waals surface area (Å²) in [5.74, 6) is 1.07. The Bertz CT molecular complexity index is 1220. The molecule has 0 amide bonds. The maximum absolute atomic E-state index is 12.0. The van der Waals surface area contributed by atoms with Crippen molar-refractivity contribution in [2.45, 2.75) is 38.6 Å². The fourth-order valence-corrected chi connectivity index (χ4v) is 5.67. The Morgan fingerprint density at radius 1 is 1.37 bits per heavy atom. The van der Waals surface area contributed by atoms with Gasteiger partial charge in [0.15, 0.2) is 17.0 Å². The molecule has 4 N–H and O–H groups in total. The first-order chi connectivity index (χ1) is 18.3. The molecule has 0 aliphatic carbocycles. The Labute approximate surface area is 226 Å². The Morgan fingerprint density at radius 3 is 2.84 bits per heavy atom.